The number of rotatable bonds is 3. The molecule has 1 aromatic carbocycles. The summed E-state index contributed by atoms with van der Waals surface area (Å²) in [6.07, 6.45) is 0.799. The Morgan fingerprint density at radius 3 is 2.40 bits per heavy atom. The van der Waals surface area contributed by atoms with Crippen molar-refractivity contribution in [3.05, 3.63) is 46.1 Å². The molecule has 0 radical (unpaired) electrons. The van der Waals surface area contributed by atoms with Crippen LogP contribution >= 0.6 is 0 Å². The summed E-state index contributed by atoms with van der Waals surface area (Å²) >= 11 is 0. The van der Waals surface area contributed by atoms with Crippen LogP contribution in [0.4, 0.5) is 0 Å². The van der Waals surface area contributed by atoms with Gasteiger partial charge in [-0.05, 0) is 25.0 Å². The van der Waals surface area contributed by atoms with Crippen LogP contribution in [0.2, 0.25) is 0 Å². The number of aliphatic hydroxyl groups is 2. The Hall–Kier alpha value is -1.91. The van der Waals surface area contributed by atoms with E-state index < -0.39 is 32.6 Å². The first-order chi connectivity index (χ1) is 9.48. The fraction of sp³-hybridized carbons (Fsp3) is 0.385. The highest BCUT2D eigenvalue weighted by atomic mass is 32.2. The average molecular weight is 295 g/mol. The van der Waals surface area contributed by atoms with Crippen LogP contribution in [-0.2, 0) is 9.84 Å². The maximum atomic E-state index is 12.3. The van der Waals surface area contributed by atoms with Crippen molar-refractivity contribution in [2.45, 2.75) is 30.3 Å². The molecule has 0 heterocycles. The molecular formula is C13H15N2O4S+. The smallest absolute Gasteiger partial charge is 0.504 e. The third-order valence-corrected chi connectivity index (χ3v) is 5.14. The van der Waals surface area contributed by atoms with Crippen molar-refractivity contribution < 1.29 is 18.6 Å². The lowest BCUT2D eigenvalue weighted by Gasteiger charge is -2.11. The van der Waals surface area contributed by atoms with Gasteiger partial charge >= 0.3 is 5.03 Å². The SMILES string of the molecule is N#[N+]/C(=C(/O)[C@@H]1CCC[C@@H]1O)S(=O)(=O)c1ccccc1. The number of hydrogen-bond donors (Lipinski definition) is 2. The van der Waals surface area contributed by atoms with E-state index in [2.05, 4.69) is 4.98 Å². The summed E-state index contributed by atoms with van der Waals surface area (Å²) in [5.74, 6) is -1.29. The Labute approximate surface area is 116 Å². The van der Waals surface area contributed by atoms with Crippen LogP contribution in [0, 0.1) is 11.3 Å². The van der Waals surface area contributed by atoms with Crippen molar-refractivity contribution in [3.8, 4) is 0 Å². The van der Waals surface area contributed by atoms with Crippen molar-refractivity contribution in [3.63, 3.8) is 0 Å². The average Bonchev–Trinajstić information content (AvgIpc) is 2.86. The first-order valence-corrected chi connectivity index (χ1v) is 7.73. The van der Waals surface area contributed by atoms with E-state index in [0.29, 0.717) is 19.3 Å². The maximum Gasteiger partial charge on any atom is 0.516 e. The van der Waals surface area contributed by atoms with Crippen molar-refractivity contribution in [1.29, 1.82) is 5.39 Å². The zero-order chi connectivity index (χ0) is 14.8. The predicted molar refractivity (Wildman–Crippen MR) is 71.7 cm³/mol. The van der Waals surface area contributed by atoms with Gasteiger partial charge in [-0.1, -0.05) is 24.6 Å². The molecule has 6 nitrogen and oxygen atoms in total. The molecule has 2 atom stereocenters. The molecule has 1 aromatic rings. The number of benzene rings is 1. The minimum atomic E-state index is -4.11. The first kappa shape index (κ1) is 14.5. The fourth-order valence-corrected chi connectivity index (χ4v) is 3.64. The molecule has 1 saturated carbocycles. The summed E-state index contributed by atoms with van der Waals surface area (Å²) in [6.45, 7) is 0. The van der Waals surface area contributed by atoms with Gasteiger partial charge in [-0.3, -0.25) is 0 Å². The molecule has 0 spiro atoms. The monoisotopic (exact) mass is 295 g/mol. The van der Waals surface area contributed by atoms with Crippen LogP contribution < -0.4 is 0 Å². The van der Waals surface area contributed by atoms with Crippen LogP contribution in [0.3, 0.4) is 0 Å². The standard InChI is InChI=1S/C13H14N2O4S/c14-15-13(12(17)10-7-4-8-11(10)16)20(18,19)9-5-2-1-3-6-9/h1-3,5-6,10-11,16H,4,7-8H2/p+1/b13-12-/t10-,11+/m1/s1. The van der Waals surface area contributed by atoms with Gasteiger partial charge in [0.25, 0.3) is 9.84 Å². The zero-order valence-corrected chi connectivity index (χ0v) is 11.5. The summed E-state index contributed by atoms with van der Waals surface area (Å²) in [5, 5.41) is 28.0. The molecular weight excluding hydrogens is 280 g/mol. The van der Waals surface area contributed by atoms with Crippen molar-refractivity contribution >= 4 is 9.84 Å². The van der Waals surface area contributed by atoms with Gasteiger partial charge in [0.1, 0.15) is 0 Å². The van der Waals surface area contributed by atoms with Crippen LogP contribution in [0.1, 0.15) is 19.3 Å². The third kappa shape index (κ3) is 2.53. The quantitative estimate of drug-likeness (QED) is 0.657. The van der Waals surface area contributed by atoms with Gasteiger partial charge in [-0.2, -0.15) is 0 Å². The van der Waals surface area contributed by atoms with Crippen molar-refractivity contribution in [2.24, 2.45) is 5.92 Å². The third-order valence-electron chi connectivity index (χ3n) is 3.45. The highest BCUT2D eigenvalue weighted by Crippen LogP contribution is 2.34. The lowest BCUT2D eigenvalue weighted by Crippen LogP contribution is -2.18. The van der Waals surface area contributed by atoms with E-state index in [9.17, 15) is 18.6 Å². The molecule has 0 amide bonds. The van der Waals surface area contributed by atoms with Gasteiger partial charge in [-0.15, -0.1) is 0 Å². The molecule has 2 N–H and O–H groups in total. The maximum absolute atomic E-state index is 12.3. The molecule has 0 aliphatic heterocycles. The molecule has 7 heteroatoms. The number of diazo groups is 1. The lowest BCUT2D eigenvalue weighted by molar-refractivity contribution is 0.124. The van der Waals surface area contributed by atoms with Gasteiger partial charge in [0.05, 0.1) is 16.9 Å². The molecule has 1 aliphatic carbocycles. The van der Waals surface area contributed by atoms with E-state index in [0.717, 1.165) is 0 Å². The molecule has 1 aliphatic rings. The molecule has 0 bridgehead atoms. The highest BCUT2D eigenvalue weighted by Gasteiger charge is 2.43. The van der Waals surface area contributed by atoms with Gasteiger partial charge in [-0.25, -0.2) is 8.42 Å². The van der Waals surface area contributed by atoms with Gasteiger partial charge in [0, 0.05) is 0 Å². The van der Waals surface area contributed by atoms with Crippen molar-refractivity contribution in [1.82, 2.24) is 0 Å². The number of aliphatic hydroxyl groups excluding tert-OH is 2. The summed E-state index contributed by atoms with van der Waals surface area (Å²) in [5.41, 5.74) is 0. The van der Waals surface area contributed by atoms with Crippen LogP contribution in [-0.4, -0.2) is 24.7 Å². The van der Waals surface area contributed by atoms with Crippen LogP contribution in [0.25, 0.3) is 4.98 Å². The van der Waals surface area contributed by atoms with Gasteiger partial charge in [0.15, 0.2) is 4.98 Å². The Bertz CT molecular complexity index is 661. The Morgan fingerprint density at radius 1 is 1.25 bits per heavy atom. The second kappa shape index (κ2) is 5.61. The highest BCUT2D eigenvalue weighted by molar-refractivity contribution is 7.95. The number of nitrogens with zero attached hydrogens (tertiary/aromatic N) is 2. The Kier molecular flexibility index (Phi) is 4.06. The Balaban J connectivity index is 2.50. The zero-order valence-electron chi connectivity index (χ0n) is 10.7. The molecule has 2 rings (SSSR count). The minimum Gasteiger partial charge on any atom is -0.504 e. The van der Waals surface area contributed by atoms with E-state index in [-0.39, 0.29) is 4.90 Å². The summed E-state index contributed by atoms with van der Waals surface area (Å²) in [7, 11) is -4.11. The topological polar surface area (TPSA) is 103 Å². The van der Waals surface area contributed by atoms with Gasteiger partial charge in [0.2, 0.25) is 11.2 Å². The van der Waals surface area contributed by atoms with E-state index >= 15 is 0 Å². The van der Waals surface area contributed by atoms with E-state index in [1.165, 1.54) is 24.3 Å². The summed E-state index contributed by atoms with van der Waals surface area (Å²) < 4.78 is 24.6. The van der Waals surface area contributed by atoms with E-state index in [4.69, 9.17) is 5.39 Å². The summed E-state index contributed by atoms with van der Waals surface area (Å²) in [4.78, 5) is 2.67. The molecule has 0 unspecified atom stereocenters. The fourth-order valence-electron chi connectivity index (χ4n) is 2.37. The normalized spacial score (nSPS) is 24.0. The molecule has 0 saturated heterocycles. The molecule has 106 valence electrons. The van der Waals surface area contributed by atoms with E-state index in [1.54, 1.807) is 6.07 Å². The molecule has 20 heavy (non-hydrogen) atoms. The number of hydrogen-bond acceptors (Lipinski definition) is 5. The molecule has 0 aromatic heterocycles. The summed E-state index contributed by atoms with van der Waals surface area (Å²) in [6, 6.07) is 7.41. The van der Waals surface area contributed by atoms with Gasteiger partial charge < -0.3 is 10.2 Å². The second-order valence-electron chi connectivity index (χ2n) is 4.71. The second-order valence-corrected chi connectivity index (χ2v) is 6.58. The van der Waals surface area contributed by atoms with Crippen LogP contribution in [0.5, 0.6) is 0 Å². The predicted octanol–water partition coefficient (Wildman–Crippen LogP) is 2.20. The Morgan fingerprint density at radius 2 is 1.90 bits per heavy atom. The van der Waals surface area contributed by atoms with E-state index in [1.807, 2.05) is 0 Å². The largest absolute Gasteiger partial charge is 0.516 e. The van der Waals surface area contributed by atoms with Crippen LogP contribution in [0.15, 0.2) is 46.0 Å². The minimum absolute atomic E-state index is 0.0770. The van der Waals surface area contributed by atoms with Crippen molar-refractivity contribution in [2.75, 3.05) is 0 Å². The number of sulfone groups is 1. The molecule has 1 fully saturated rings. The lowest BCUT2D eigenvalue weighted by atomic mass is 10.0. The first-order valence-electron chi connectivity index (χ1n) is 6.25.